The second kappa shape index (κ2) is 11.6. The molecule has 0 radical (unpaired) electrons. The number of ether oxygens (including phenoxy) is 1. The number of aromatic nitrogens is 1. The van der Waals surface area contributed by atoms with Gasteiger partial charge in [0.05, 0.1) is 18.8 Å². The molecule has 1 heterocycles. The third-order valence-corrected chi connectivity index (χ3v) is 4.79. The van der Waals surface area contributed by atoms with Crippen LogP contribution in [-0.2, 0) is 24.4 Å². The zero-order valence-electron chi connectivity index (χ0n) is 15.9. The first-order valence-electron chi connectivity index (χ1n) is 8.36. The van der Waals surface area contributed by atoms with Crippen molar-refractivity contribution in [1.29, 1.82) is 0 Å². The number of rotatable bonds is 7. The molecule has 0 unspecified atom stereocenters. The minimum Gasteiger partial charge on any atom is -0.367 e. The van der Waals surface area contributed by atoms with E-state index in [1.165, 1.54) is 4.88 Å². The molecule has 2 aromatic rings. The number of nitrogens with zero attached hydrogens (tertiary/aromatic N) is 2. The van der Waals surface area contributed by atoms with Gasteiger partial charge in [-0.3, -0.25) is 4.99 Å². The van der Waals surface area contributed by atoms with Crippen LogP contribution < -0.4 is 10.6 Å². The van der Waals surface area contributed by atoms with Gasteiger partial charge in [-0.2, -0.15) is 13.2 Å². The number of hydrogen-bond acceptors (Lipinski definition) is 4. The Labute approximate surface area is 183 Å². The third-order valence-electron chi connectivity index (χ3n) is 3.72. The normalized spacial score (nSPS) is 11.9. The van der Waals surface area contributed by atoms with E-state index in [0.717, 1.165) is 16.3 Å². The van der Waals surface area contributed by atoms with Gasteiger partial charge < -0.3 is 15.4 Å². The van der Waals surface area contributed by atoms with E-state index in [2.05, 4.69) is 25.3 Å². The van der Waals surface area contributed by atoms with Crippen molar-refractivity contribution in [1.82, 2.24) is 15.6 Å². The summed E-state index contributed by atoms with van der Waals surface area (Å²) in [5, 5.41) is 7.40. The highest BCUT2D eigenvalue weighted by molar-refractivity contribution is 14.0. The monoisotopic (exact) mass is 528 g/mol. The molecule has 28 heavy (non-hydrogen) atoms. The molecule has 0 aliphatic heterocycles. The van der Waals surface area contributed by atoms with E-state index in [9.17, 15) is 13.2 Å². The van der Waals surface area contributed by atoms with Crippen molar-refractivity contribution in [2.75, 3.05) is 13.7 Å². The molecule has 5 nitrogen and oxygen atoms in total. The summed E-state index contributed by atoms with van der Waals surface area (Å²) in [6, 6.07) is 7.20. The number of thiazole rings is 1. The topological polar surface area (TPSA) is 58.5 Å². The molecule has 0 spiro atoms. The maximum absolute atomic E-state index is 12.1. The lowest BCUT2D eigenvalue weighted by Gasteiger charge is -2.11. The number of aliphatic imine (C=N–C) groups is 1. The predicted octanol–water partition coefficient (Wildman–Crippen LogP) is 4.32. The Hall–Kier alpha value is -1.40. The molecule has 0 aliphatic carbocycles. The fourth-order valence-corrected chi connectivity index (χ4v) is 3.09. The van der Waals surface area contributed by atoms with Gasteiger partial charge in [0.25, 0.3) is 0 Å². The summed E-state index contributed by atoms with van der Waals surface area (Å²) >= 11 is 1.65. The molecule has 0 atom stereocenters. The summed E-state index contributed by atoms with van der Waals surface area (Å²) in [4.78, 5) is 9.85. The number of aryl methyl sites for hydroxylation is 2. The van der Waals surface area contributed by atoms with Gasteiger partial charge in [-0.1, -0.05) is 24.3 Å². The van der Waals surface area contributed by atoms with Gasteiger partial charge in [-0.25, -0.2) is 4.98 Å². The van der Waals surface area contributed by atoms with Crippen molar-refractivity contribution in [3.63, 3.8) is 0 Å². The predicted molar refractivity (Wildman–Crippen MR) is 116 cm³/mol. The van der Waals surface area contributed by atoms with E-state index < -0.39 is 12.8 Å². The molecule has 2 rings (SSSR count). The summed E-state index contributed by atoms with van der Waals surface area (Å²) < 4.78 is 40.9. The highest BCUT2D eigenvalue weighted by atomic mass is 127. The lowest BCUT2D eigenvalue weighted by Crippen LogP contribution is -2.36. The molecule has 1 aromatic carbocycles. The van der Waals surface area contributed by atoms with E-state index in [4.69, 9.17) is 0 Å². The van der Waals surface area contributed by atoms with Crippen LogP contribution >= 0.6 is 35.3 Å². The van der Waals surface area contributed by atoms with Crippen LogP contribution in [0.5, 0.6) is 0 Å². The fourth-order valence-electron chi connectivity index (χ4n) is 2.22. The summed E-state index contributed by atoms with van der Waals surface area (Å²) in [5.41, 5.74) is 2.72. The smallest absolute Gasteiger partial charge is 0.367 e. The average Bonchev–Trinajstić information content (AvgIpc) is 2.93. The second-order valence-electron chi connectivity index (χ2n) is 5.95. The van der Waals surface area contributed by atoms with Crippen LogP contribution in [0.25, 0.3) is 0 Å². The van der Waals surface area contributed by atoms with E-state index in [0.29, 0.717) is 24.6 Å². The molecule has 0 bridgehead atoms. The molecule has 0 saturated heterocycles. The SMILES string of the molecule is CN=C(NCc1ccc(COCC(F)(F)F)cc1)NCc1nc(C)c(C)s1.I. The van der Waals surface area contributed by atoms with E-state index in [1.54, 1.807) is 30.5 Å². The highest BCUT2D eigenvalue weighted by Gasteiger charge is 2.27. The summed E-state index contributed by atoms with van der Waals surface area (Å²) in [6.07, 6.45) is -4.30. The molecule has 1 aromatic heterocycles. The van der Waals surface area contributed by atoms with Crippen LogP contribution in [0.1, 0.15) is 26.7 Å². The summed E-state index contributed by atoms with van der Waals surface area (Å²) in [7, 11) is 1.69. The Bertz CT molecular complexity index is 744. The first-order valence-corrected chi connectivity index (χ1v) is 9.18. The number of benzene rings is 1. The van der Waals surface area contributed by atoms with E-state index in [1.807, 2.05) is 26.0 Å². The standard InChI is InChI=1S/C18H23F3N4OS.HI/c1-12-13(2)27-16(25-12)9-24-17(22-3)23-8-14-4-6-15(7-5-14)10-26-11-18(19,20)21;/h4-7H,8-11H2,1-3H3,(H2,22,23,24);1H. The Balaban J connectivity index is 0.00000392. The van der Waals surface area contributed by atoms with Crippen LogP contribution in [0.15, 0.2) is 29.3 Å². The van der Waals surface area contributed by atoms with Crippen molar-refractivity contribution in [3.05, 3.63) is 51.0 Å². The van der Waals surface area contributed by atoms with E-state index in [-0.39, 0.29) is 30.6 Å². The maximum atomic E-state index is 12.1. The molecule has 2 N–H and O–H groups in total. The van der Waals surface area contributed by atoms with Crippen molar-refractivity contribution < 1.29 is 17.9 Å². The molecule has 0 amide bonds. The van der Waals surface area contributed by atoms with Crippen molar-refractivity contribution in [2.24, 2.45) is 4.99 Å². The average molecular weight is 528 g/mol. The lowest BCUT2D eigenvalue weighted by molar-refractivity contribution is -0.176. The van der Waals surface area contributed by atoms with Crippen LogP contribution in [0.3, 0.4) is 0 Å². The summed E-state index contributed by atoms with van der Waals surface area (Å²) in [5.74, 6) is 0.651. The first-order chi connectivity index (χ1) is 12.8. The van der Waals surface area contributed by atoms with Crippen LogP contribution in [0.4, 0.5) is 13.2 Å². The molecule has 0 fully saturated rings. The maximum Gasteiger partial charge on any atom is 0.411 e. The van der Waals surface area contributed by atoms with Crippen molar-refractivity contribution in [3.8, 4) is 0 Å². The van der Waals surface area contributed by atoms with Gasteiger partial charge in [0.2, 0.25) is 0 Å². The Kier molecular flexibility index (Phi) is 10.2. The number of nitrogens with one attached hydrogen (secondary N) is 2. The molecular weight excluding hydrogens is 504 g/mol. The Morgan fingerprint density at radius 1 is 1.11 bits per heavy atom. The molecule has 156 valence electrons. The Morgan fingerprint density at radius 2 is 1.71 bits per heavy atom. The number of alkyl halides is 3. The highest BCUT2D eigenvalue weighted by Crippen LogP contribution is 2.16. The fraction of sp³-hybridized carbons (Fsp3) is 0.444. The van der Waals surface area contributed by atoms with Gasteiger partial charge in [-0.05, 0) is 25.0 Å². The van der Waals surface area contributed by atoms with E-state index >= 15 is 0 Å². The van der Waals surface area contributed by atoms with Gasteiger partial charge in [0.1, 0.15) is 11.6 Å². The lowest BCUT2D eigenvalue weighted by atomic mass is 10.1. The molecule has 10 heteroatoms. The van der Waals surface area contributed by atoms with Crippen LogP contribution in [0, 0.1) is 13.8 Å². The number of hydrogen-bond donors (Lipinski definition) is 2. The van der Waals surface area contributed by atoms with Crippen molar-refractivity contribution >= 4 is 41.3 Å². The Morgan fingerprint density at radius 3 is 2.25 bits per heavy atom. The third kappa shape index (κ3) is 8.74. The van der Waals surface area contributed by atoms with Gasteiger partial charge in [-0.15, -0.1) is 35.3 Å². The molecular formula is C18H24F3IN4OS. The minimum absolute atomic E-state index is 0. The molecule has 0 aliphatic rings. The van der Waals surface area contributed by atoms with Gasteiger partial charge in [0.15, 0.2) is 5.96 Å². The first kappa shape index (κ1) is 24.6. The zero-order chi connectivity index (χ0) is 19.9. The van der Waals surface area contributed by atoms with Crippen molar-refractivity contribution in [2.45, 2.75) is 39.7 Å². The number of guanidine groups is 1. The van der Waals surface area contributed by atoms with Crippen LogP contribution in [-0.4, -0.2) is 30.8 Å². The zero-order valence-corrected chi connectivity index (χ0v) is 19.0. The molecule has 0 saturated carbocycles. The van der Waals surface area contributed by atoms with Crippen LogP contribution in [0.2, 0.25) is 0 Å². The van der Waals surface area contributed by atoms with Gasteiger partial charge in [0, 0.05) is 18.5 Å². The summed E-state index contributed by atoms with van der Waals surface area (Å²) in [6.45, 7) is 3.86. The minimum atomic E-state index is -4.30. The van der Waals surface area contributed by atoms with Gasteiger partial charge >= 0.3 is 6.18 Å². The largest absolute Gasteiger partial charge is 0.411 e. The number of halogens is 4. The quantitative estimate of drug-likeness (QED) is 0.320. The second-order valence-corrected chi connectivity index (χ2v) is 7.24.